The van der Waals surface area contributed by atoms with Crippen molar-refractivity contribution >= 4 is 11.9 Å². The van der Waals surface area contributed by atoms with Gasteiger partial charge < -0.3 is 49.6 Å². The molecule has 12 heteroatoms. The second-order valence-corrected chi connectivity index (χ2v) is 42.1. The molecule has 0 amide bonds. The summed E-state index contributed by atoms with van der Waals surface area (Å²) in [6.07, 6.45) is 1.49. The number of fused-ring (bicyclic) bond motifs is 6. The molecular weight excluding hydrogens is 1470 g/mol. The first-order valence-corrected chi connectivity index (χ1v) is 42.0. The molecule has 24 bridgehead atoms. The Balaban J connectivity index is 1.14. The smallest absolute Gasteiger partial charge is 0.336 e. The van der Waals surface area contributed by atoms with Gasteiger partial charge in [-0.15, -0.1) is 0 Å². The summed E-state index contributed by atoms with van der Waals surface area (Å²) in [6.45, 7) is 51.2. The van der Waals surface area contributed by atoms with Crippen LogP contribution in [0.1, 0.15) is 343 Å². The van der Waals surface area contributed by atoms with Gasteiger partial charge in [-0.3, -0.25) is 0 Å². The molecule has 4 aliphatic rings. The molecule has 10 aromatic rings. The Labute approximate surface area is 700 Å². The molecule has 620 valence electrons. The minimum absolute atomic E-state index is 0.0136. The highest BCUT2D eigenvalue weighted by Crippen LogP contribution is 2.49. The molecule has 118 heavy (non-hydrogen) atoms. The van der Waals surface area contributed by atoms with E-state index in [1.807, 2.05) is 12.1 Å². The van der Waals surface area contributed by atoms with E-state index in [4.69, 9.17) is 18.9 Å². The molecule has 14 rings (SSSR count). The van der Waals surface area contributed by atoms with Crippen LogP contribution in [-0.2, 0) is 121 Å². The Morgan fingerprint density at radius 3 is 0.466 bits per heavy atom. The largest absolute Gasteiger partial charge is 0.507 e. The molecule has 12 nitrogen and oxygen atoms in total. The van der Waals surface area contributed by atoms with E-state index >= 15 is 0 Å². The summed E-state index contributed by atoms with van der Waals surface area (Å²) in [4.78, 5) is 29.0. The molecular formula is C106H124O12. The standard InChI is InChI=1S/C106H124O12/c1-99(2,3)79-39-63-31-71-47-83(103(13,14)15)49-73-33-65-41-80(100(4,5)6)42-66(90(65)108)34-74-50-84(104(16,17)18)48-72(32-64(40-79)89(63)107)94(74)116-56-60-28-26-30-62(88(60)98(113)114)58-118-96-76-36-68-44-81(101(7,8)9)43-67(91(68)109)35-75-51-85(105(19,20)21)53-77(95(75)117-57-61-29-25-27-59(55-115-93(71)73)87(61)97(111)112)37-69-45-82(102(10,11)12)46-70(92(69)110)38-78(96)54-86(52-76)106(22,23)24/h25-30,39-54,107-110H,31-38,55-58H2,1-24H3,(H,111,112)(H,113,114). The quantitative estimate of drug-likeness (QED) is 0.0961. The van der Waals surface area contributed by atoms with Gasteiger partial charge in [-0.1, -0.05) is 300 Å². The zero-order valence-corrected chi connectivity index (χ0v) is 74.3. The highest BCUT2D eigenvalue weighted by Gasteiger charge is 2.35. The van der Waals surface area contributed by atoms with Crippen molar-refractivity contribution in [1.29, 1.82) is 0 Å². The van der Waals surface area contributed by atoms with Crippen molar-refractivity contribution in [1.82, 2.24) is 0 Å². The average Bonchev–Trinajstić information content (AvgIpc) is 0.762. The molecule has 0 saturated heterocycles. The number of aromatic carboxylic acids is 2. The maximum atomic E-state index is 14.5. The van der Waals surface area contributed by atoms with Gasteiger partial charge in [0.2, 0.25) is 0 Å². The van der Waals surface area contributed by atoms with Crippen LogP contribution in [0, 0.1) is 0 Å². The van der Waals surface area contributed by atoms with Gasteiger partial charge in [0.15, 0.2) is 0 Å². The number of hydrogen-bond acceptors (Lipinski definition) is 10. The minimum atomic E-state index is -1.18. The number of hydrogen-bond donors (Lipinski definition) is 6. The van der Waals surface area contributed by atoms with E-state index in [1.165, 1.54) is 0 Å². The van der Waals surface area contributed by atoms with Crippen LogP contribution in [0.2, 0.25) is 0 Å². The van der Waals surface area contributed by atoms with Crippen molar-refractivity contribution in [2.45, 2.75) is 287 Å². The van der Waals surface area contributed by atoms with E-state index in [0.717, 1.165) is 89.0 Å². The minimum Gasteiger partial charge on any atom is -0.507 e. The highest BCUT2D eigenvalue weighted by atomic mass is 16.5. The van der Waals surface area contributed by atoms with Gasteiger partial charge in [0.25, 0.3) is 0 Å². The summed E-state index contributed by atoms with van der Waals surface area (Å²) in [7, 11) is 0. The number of carboxylic acids is 2. The third-order valence-electron chi connectivity index (χ3n) is 24.4. The van der Waals surface area contributed by atoms with Crippen LogP contribution >= 0.6 is 0 Å². The van der Waals surface area contributed by atoms with Gasteiger partial charge in [-0.2, -0.15) is 0 Å². The van der Waals surface area contributed by atoms with Crippen LogP contribution < -0.4 is 18.9 Å². The monoisotopic (exact) mass is 1590 g/mol. The summed E-state index contributed by atoms with van der Waals surface area (Å²) in [5.41, 5.74) is 17.4. The molecule has 0 spiro atoms. The van der Waals surface area contributed by atoms with Crippen molar-refractivity contribution < 1.29 is 59.2 Å². The molecule has 6 N–H and O–H groups in total. The maximum Gasteiger partial charge on any atom is 0.336 e. The topological polar surface area (TPSA) is 192 Å². The molecule has 0 saturated carbocycles. The number of rotatable bonds is 2. The Morgan fingerprint density at radius 2 is 0.347 bits per heavy atom. The highest BCUT2D eigenvalue weighted by molar-refractivity contribution is 5.92. The van der Waals surface area contributed by atoms with Crippen LogP contribution in [0.4, 0.5) is 0 Å². The molecule has 0 aromatic heterocycles. The molecule has 2 aliphatic carbocycles. The van der Waals surface area contributed by atoms with Crippen molar-refractivity contribution in [3.05, 3.63) is 300 Å². The summed E-state index contributed by atoms with van der Waals surface area (Å²) in [5.74, 6) is -0.00486. The molecule has 2 aliphatic heterocycles. The first-order valence-electron chi connectivity index (χ1n) is 42.0. The van der Waals surface area contributed by atoms with Crippen molar-refractivity contribution in [2.24, 2.45) is 0 Å². The summed E-state index contributed by atoms with van der Waals surface area (Å²) in [5, 5.41) is 77.2. The van der Waals surface area contributed by atoms with Crippen molar-refractivity contribution in [3.8, 4) is 46.0 Å². The molecule has 10 aromatic carbocycles. The maximum absolute atomic E-state index is 14.5. The van der Waals surface area contributed by atoms with Crippen LogP contribution in [-0.4, -0.2) is 42.6 Å². The Morgan fingerprint density at radius 1 is 0.220 bits per heavy atom. The van der Waals surface area contributed by atoms with Gasteiger partial charge in [0, 0.05) is 73.6 Å². The van der Waals surface area contributed by atoms with E-state index in [-0.39, 0.29) is 112 Å². The summed E-state index contributed by atoms with van der Waals surface area (Å²) in [6, 6.07) is 44.8. The number of ether oxygens (including phenoxy) is 4. The van der Waals surface area contributed by atoms with Gasteiger partial charge in [-0.25, -0.2) is 9.59 Å². The predicted molar refractivity (Wildman–Crippen MR) is 474 cm³/mol. The lowest BCUT2D eigenvalue weighted by Gasteiger charge is -2.28. The van der Waals surface area contributed by atoms with Gasteiger partial charge >= 0.3 is 11.9 Å². The normalized spacial score (nSPS) is 14.6. The third kappa shape index (κ3) is 17.9. The van der Waals surface area contributed by atoms with E-state index in [1.54, 1.807) is 24.3 Å². The van der Waals surface area contributed by atoms with Crippen molar-refractivity contribution in [3.63, 3.8) is 0 Å². The lowest BCUT2D eigenvalue weighted by atomic mass is 9.79. The number of aromatic hydroxyl groups is 4. The lowest BCUT2D eigenvalue weighted by molar-refractivity contribution is 0.0680. The van der Waals surface area contributed by atoms with Gasteiger partial charge in [-0.05, 0) is 177 Å². The number of benzene rings is 10. The Bertz CT molecular complexity index is 4780. The van der Waals surface area contributed by atoms with Gasteiger partial charge in [0.05, 0.1) is 11.1 Å². The van der Waals surface area contributed by atoms with Crippen LogP contribution in [0.5, 0.6) is 46.0 Å². The van der Waals surface area contributed by atoms with Gasteiger partial charge in [0.1, 0.15) is 72.4 Å². The van der Waals surface area contributed by atoms with E-state index in [9.17, 15) is 40.2 Å². The average molecular weight is 1590 g/mol. The molecule has 0 atom stereocenters. The van der Waals surface area contributed by atoms with E-state index < -0.39 is 55.3 Å². The van der Waals surface area contributed by atoms with Crippen molar-refractivity contribution in [2.75, 3.05) is 0 Å². The molecule has 0 fully saturated rings. The van der Waals surface area contributed by atoms with Crippen LogP contribution in [0.25, 0.3) is 0 Å². The summed E-state index contributed by atoms with van der Waals surface area (Å²) < 4.78 is 29.6. The molecule has 0 unspecified atom stereocenters. The number of phenols is 4. The fraction of sp³-hybridized carbons (Fsp3) is 0.415. The third-order valence-corrected chi connectivity index (χ3v) is 24.4. The van der Waals surface area contributed by atoms with Crippen LogP contribution in [0.3, 0.4) is 0 Å². The Kier molecular flexibility index (Phi) is 22.5. The zero-order valence-electron chi connectivity index (χ0n) is 74.3. The fourth-order valence-electron chi connectivity index (χ4n) is 17.0. The summed E-state index contributed by atoms with van der Waals surface area (Å²) >= 11 is 0. The zero-order chi connectivity index (χ0) is 86.0. The second kappa shape index (κ2) is 31.0. The molecule has 0 radical (unpaired) electrons. The second-order valence-electron chi connectivity index (χ2n) is 42.1. The fourth-order valence-corrected chi connectivity index (χ4v) is 17.0. The first-order chi connectivity index (χ1) is 54.8. The SMILES string of the molecule is CC(C)(C)c1cc2c(O)c(c1)Cc1cc(C(C)(C)C)cc3c1OCc1cccc(c1C(=O)O)COc1c4cc(C(C)(C)C)cc1Cc1cc(C(C)(C)C)cc(c1O)Cc1cc(C(C)(C)C)cc(c1OCc1cccc(c1C(=O)O)COc1c(cc(C(C)(C)C)cc1Cc1cc(C(C)(C)C)cc(c1O)C3)C2)Cc1cc(C(C)(C)C)cc(c1O)C4. The lowest BCUT2D eigenvalue weighted by Crippen LogP contribution is -2.18. The van der Waals surface area contributed by atoms with Crippen LogP contribution in [0.15, 0.2) is 133 Å². The van der Waals surface area contributed by atoms with E-state index in [0.29, 0.717) is 89.8 Å². The molecule has 2 heterocycles. The first kappa shape index (κ1) is 85.4. The predicted octanol–water partition coefficient (Wildman–Crippen LogP) is 24.3. The number of phenolic OH excluding ortho intramolecular Hbond substituents is 4. The number of carboxylic acid groups (broad SMARTS) is 2. The number of carbonyl (C=O) groups is 2. The van der Waals surface area contributed by atoms with E-state index in [2.05, 4.69) is 263 Å². The Hall–Kier alpha value is -10.5.